The number of nitrogens with zero attached hydrogens (tertiary/aromatic N) is 2. The van der Waals surface area contributed by atoms with E-state index in [0.29, 0.717) is 4.88 Å². The third kappa shape index (κ3) is 2.55. The Balaban J connectivity index is 2.52. The molecule has 2 N–H and O–H groups in total. The highest BCUT2D eigenvalue weighted by Gasteiger charge is 2.33. The van der Waals surface area contributed by atoms with Crippen LogP contribution < -0.4 is 5.73 Å². The van der Waals surface area contributed by atoms with Crippen LogP contribution in [0.15, 0.2) is 18.2 Å². The van der Waals surface area contributed by atoms with E-state index in [1.54, 1.807) is 6.07 Å². The van der Waals surface area contributed by atoms with Crippen molar-refractivity contribution in [2.45, 2.75) is 13.1 Å². The number of alkyl halides is 3. The normalized spacial score (nSPS) is 11.8. The molecule has 0 saturated heterocycles. The number of aryl methyl sites for hydroxylation is 1. The predicted octanol–water partition coefficient (Wildman–Crippen LogP) is 3.11. The van der Waals surface area contributed by atoms with E-state index in [-0.39, 0.29) is 11.6 Å². The molecule has 0 aliphatic carbocycles. The fraction of sp³-hybridized carbons (Fsp3) is 0.200. The van der Waals surface area contributed by atoms with E-state index in [1.807, 2.05) is 13.0 Å². The number of nitrogen functional groups attached to an aromatic ring is 1. The Morgan fingerprint density at radius 1 is 1.24 bits per heavy atom. The number of halogens is 3. The summed E-state index contributed by atoms with van der Waals surface area (Å²) in [5, 5.41) is 0. The minimum Gasteiger partial charge on any atom is -0.368 e. The van der Waals surface area contributed by atoms with Gasteiger partial charge in [-0.05, 0) is 25.1 Å². The second-order valence-electron chi connectivity index (χ2n) is 3.40. The number of hydrogen-bond donors (Lipinski definition) is 1. The van der Waals surface area contributed by atoms with Gasteiger partial charge in [0.1, 0.15) is 0 Å². The zero-order chi connectivity index (χ0) is 12.6. The lowest BCUT2D eigenvalue weighted by atomic mass is 10.2. The Bertz CT molecular complexity index is 548. The van der Waals surface area contributed by atoms with Crippen LogP contribution in [0, 0.1) is 6.92 Å². The zero-order valence-electron chi connectivity index (χ0n) is 8.75. The maximum absolute atomic E-state index is 12.5. The number of anilines is 1. The summed E-state index contributed by atoms with van der Waals surface area (Å²) in [5.74, 6) is -0.374. The largest absolute Gasteiger partial charge is 0.433 e. The number of aromatic nitrogens is 2. The summed E-state index contributed by atoms with van der Waals surface area (Å²) in [6.45, 7) is 1.86. The van der Waals surface area contributed by atoms with E-state index in [9.17, 15) is 13.2 Å². The van der Waals surface area contributed by atoms with Crippen LogP contribution in [0.1, 0.15) is 10.6 Å². The molecule has 17 heavy (non-hydrogen) atoms. The molecule has 7 heteroatoms. The van der Waals surface area contributed by atoms with E-state index < -0.39 is 11.9 Å². The first-order chi connectivity index (χ1) is 7.86. The molecule has 0 saturated carbocycles. The summed E-state index contributed by atoms with van der Waals surface area (Å²) in [4.78, 5) is 8.62. The fourth-order valence-corrected chi connectivity index (χ4v) is 2.14. The van der Waals surface area contributed by atoms with Crippen LogP contribution in [0.3, 0.4) is 0 Å². The Kier molecular flexibility index (Phi) is 2.78. The molecule has 0 amide bonds. The SMILES string of the molecule is Cc1ccc(-c2cc(C(F)(F)F)nc(N)n2)s1. The molecule has 2 aromatic heterocycles. The van der Waals surface area contributed by atoms with Crippen molar-refractivity contribution in [1.29, 1.82) is 0 Å². The van der Waals surface area contributed by atoms with Crippen LogP contribution >= 0.6 is 11.3 Å². The van der Waals surface area contributed by atoms with Crippen molar-refractivity contribution in [3.05, 3.63) is 28.8 Å². The first-order valence-electron chi connectivity index (χ1n) is 4.65. The maximum atomic E-state index is 12.5. The monoisotopic (exact) mass is 259 g/mol. The van der Waals surface area contributed by atoms with Crippen LogP contribution in [0.4, 0.5) is 19.1 Å². The van der Waals surface area contributed by atoms with Crippen molar-refractivity contribution < 1.29 is 13.2 Å². The van der Waals surface area contributed by atoms with Gasteiger partial charge in [-0.15, -0.1) is 11.3 Å². The van der Waals surface area contributed by atoms with Gasteiger partial charge in [-0.3, -0.25) is 0 Å². The van der Waals surface area contributed by atoms with Gasteiger partial charge in [0.2, 0.25) is 5.95 Å². The number of rotatable bonds is 1. The van der Waals surface area contributed by atoms with Gasteiger partial charge in [-0.2, -0.15) is 13.2 Å². The molecule has 0 spiro atoms. The predicted molar refractivity (Wildman–Crippen MR) is 59.5 cm³/mol. The quantitative estimate of drug-likeness (QED) is 0.856. The Labute approximate surface area is 99.1 Å². The van der Waals surface area contributed by atoms with E-state index in [4.69, 9.17) is 5.73 Å². The van der Waals surface area contributed by atoms with Crippen LogP contribution in [-0.2, 0) is 6.18 Å². The highest BCUT2D eigenvalue weighted by atomic mass is 32.1. The molecule has 2 heterocycles. The minimum absolute atomic E-state index is 0.197. The molecular weight excluding hydrogens is 251 g/mol. The first kappa shape index (κ1) is 11.8. The average Bonchev–Trinajstić information content (AvgIpc) is 2.62. The number of thiophene rings is 1. The van der Waals surface area contributed by atoms with Crippen molar-refractivity contribution in [3.63, 3.8) is 0 Å². The van der Waals surface area contributed by atoms with Crippen molar-refractivity contribution in [1.82, 2.24) is 9.97 Å². The Morgan fingerprint density at radius 2 is 1.94 bits per heavy atom. The topological polar surface area (TPSA) is 51.8 Å². The van der Waals surface area contributed by atoms with Crippen LogP contribution in [-0.4, -0.2) is 9.97 Å². The maximum Gasteiger partial charge on any atom is 0.433 e. The third-order valence-electron chi connectivity index (χ3n) is 2.03. The molecule has 0 aliphatic rings. The van der Waals surface area contributed by atoms with Crippen LogP contribution in [0.5, 0.6) is 0 Å². The second kappa shape index (κ2) is 3.99. The molecule has 2 rings (SSSR count). The van der Waals surface area contributed by atoms with Gasteiger partial charge in [0.25, 0.3) is 0 Å². The van der Waals surface area contributed by atoms with Gasteiger partial charge < -0.3 is 5.73 Å². The van der Waals surface area contributed by atoms with Gasteiger partial charge in [0.05, 0.1) is 10.6 Å². The fourth-order valence-electron chi connectivity index (χ4n) is 1.31. The zero-order valence-corrected chi connectivity index (χ0v) is 9.56. The molecule has 0 bridgehead atoms. The second-order valence-corrected chi connectivity index (χ2v) is 4.69. The first-order valence-corrected chi connectivity index (χ1v) is 5.46. The van der Waals surface area contributed by atoms with E-state index in [0.717, 1.165) is 10.9 Å². The van der Waals surface area contributed by atoms with Gasteiger partial charge in [-0.1, -0.05) is 0 Å². The Morgan fingerprint density at radius 3 is 2.47 bits per heavy atom. The minimum atomic E-state index is -4.52. The third-order valence-corrected chi connectivity index (χ3v) is 3.05. The highest BCUT2D eigenvalue weighted by molar-refractivity contribution is 7.15. The lowest BCUT2D eigenvalue weighted by Gasteiger charge is -2.07. The van der Waals surface area contributed by atoms with E-state index in [1.165, 1.54) is 11.3 Å². The van der Waals surface area contributed by atoms with E-state index >= 15 is 0 Å². The van der Waals surface area contributed by atoms with E-state index in [2.05, 4.69) is 9.97 Å². The van der Waals surface area contributed by atoms with Crippen molar-refractivity contribution >= 4 is 17.3 Å². The number of hydrogen-bond acceptors (Lipinski definition) is 4. The van der Waals surface area contributed by atoms with Crippen molar-refractivity contribution in [2.24, 2.45) is 0 Å². The van der Waals surface area contributed by atoms with Gasteiger partial charge in [0, 0.05) is 4.88 Å². The molecular formula is C10H8F3N3S. The van der Waals surface area contributed by atoms with Crippen molar-refractivity contribution in [2.75, 3.05) is 5.73 Å². The van der Waals surface area contributed by atoms with Gasteiger partial charge in [-0.25, -0.2) is 9.97 Å². The smallest absolute Gasteiger partial charge is 0.368 e. The molecule has 0 atom stereocenters. The summed E-state index contributed by atoms with van der Waals surface area (Å²) in [7, 11) is 0. The van der Waals surface area contributed by atoms with Crippen molar-refractivity contribution in [3.8, 4) is 10.6 Å². The molecule has 0 radical (unpaired) electrons. The van der Waals surface area contributed by atoms with Crippen LogP contribution in [0.2, 0.25) is 0 Å². The molecule has 0 aliphatic heterocycles. The number of nitrogens with two attached hydrogens (primary N) is 1. The Hall–Kier alpha value is -1.63. The molecule has 3 nitrogen and oxygen atoms in total. The molecule has 0 fully saturated rings. The lowest BCUT2D eigenvalue weighted by Crippen LogP contribution is -2.11. The summed E-state index contributed by atoms with van der Waals surface area (Å²) in [6, 6.07) is 4.43. The van der Waals surface area contributed by atoms with Gasteiger partial charge >= 0.3 is 6.18 Å². The van der Waals surface area contributed by atoms with Crippen LogP contribution in [0.25, 0.3) is 10.6 Å². The molecule has 0 aromatic carbocycles. The van der Waals surface area contributed by atoms with Gasteiger partial charge in [0.15, 0.2) is 5.69 Å². The average molecular weight is 259 g/mol. The standard InChI is InChI=1S/C10H8F3N3S/c1-5-2-3-7(17-5)6-4-8(10(11,12)13)16-9(14)15-6/h2-4H,1H3,(H2,14,15,16). The lowest BCUT2D eigenvalue weighted by molar-refractivity contribution is -0.141. The summed E-state index contributed by atoms with van der Waals surface area (Å²) >= 11 is 1.36. The summed E-state index contributed by atoms with van der Waals surface area (Å²) < 4.78 is 37.6. The summed E-state index contributed by atoms with van der Waals surface area (Å²) in [5.41, 5.74) is 4.46. The molecule has 2 aromatic rings. The molecule has 90 valence electrons. The molecule has 0 unspecified atom stereocenters. The summed E-state index contributed by atoms with van der Waals surface area (Å²) in [6.07, 6.45) is -4.52. The highest BCUT2D eigenvalue weighted by Crippen LogP contribution is 2.32.